The zero-order valence-corrected chi connectivity index (χ0v) is 13.6. The summed E-state index contributed by atoms with van der Waals surface area (Å²) in [4.78, 5) is 37.4. The van der Waals surface area contributed by atoms with Crippen LogP contribution in [0.2, 0.25) is 0 Å². The Morgan fingerprint density at radius 2 is 1.88 bits per heavy atom. The Labute approximate surface area is 141 Å². The minimum absolute atomic E-state index is 0.313. The molecule has 1 aromatic carbocycles. The van der Waals surface area contributed by atoms with Crippen LogP contribution in [0.3, 0.4) is 0 Å². The van der Waals surface area contributed by atoms with Crippen LogP contribution in [0.15, 0.2) is 24.3 Å². The van der Waals surface area contributed by atoms with Crippen LogP contribution in [-0.2, 0) is 16.0 Å². The van der Waals surface area contributed by atoms with Gasteiger partial charge in [0.25, 0.3) is 11.8 Å². The molecule has 1 N–H and O–H groups in total. The van der Waals surface area contributed by atoms with E-state index in [0.29, 0.717) is 29.3 Å². The van der Waals surface area contributed by atoms with E-state index >= 15 is 0 Å². The van der Waals surface area contributed by atoms with E-state index in [9.17, 15) is 14.4 Å². The first-order valence-corrected chi connectivity index (χ1v) is 7.98. The number of carbonyl (C=O) groups is 3. The summed E-state index contributed by atoms with van der Waals surface area (Å²) >= 11 is 1.23. The van der Waals surface area contributed by atoms with Gasteiger partial charge in [-0.05, 0) is 12.1 Å². The Balaban J connectivity index is 1.63. The second-order valence-corrected chi connectivity index (χ2v) is 6.10. The van der Waals surface area contributed by atoms with Crippen molar-refractivity contribution in [3.05, 3.63) is 40.4 Å². The van der Waals surface area contributed by atoms with E-state index in [1.54, 1.807) is 31.4 Å². The van der Waals surface area contributed by atoms with Crippen LogP contribution in [-0.4, -0.2) is 53.1 Å². The lowest BCUT2D eigenvalue weighted by Gasteiger charge is -2.12. The van der Waals surface area contributed by atoms with E-state index in [4.69, 9.17) is 4.74 Å². The van der Waals surface area contributed by atoms with E-state index in [2.05, 4.69) is 15.5 Å². The lowest BCUT2D eigenvalue weighted by Crippen LogP contribution is -2.37. The smallest absolute Gasteiger partial charge is 0.262 e. The van der Waals surface area contributed by atoms with Crippen molar-refractivity contribution in [3.63, 3.8) is 0 Å². The molecule has 0 saturated carbocycles. The van der Waals surface area contributed by atoms with Gasteiger partial charge in [-0.15, -0.1) is 10.2 Å². The maximum absolute atomic E-state index is 12.2. The number of methoxy groups -OCH3 is 1. The number of benzene rings is 1. The van der Waals surface area contributed by atoms with Gasteiger partial charge in [-0.3, -0.25) is 24.6 Å². The third-order valence-corrected chi connectivity index (χ3v) is 4.31. The number of nitrogens with one attached hydrogen (secondary N) is 1. The van der Waals surface area contributed by atoms with E-state index in [0.717, 1.165) is 9.91 Å². The minimum Gasteiger partial charge on any atom is -0.384 e. The normalized spacial score (nSPS) is 13.3. The van der Waals surface area contributed by atoms with Crippen molar-refractivity contribution in [3.8, 4) is 0 Å². The van der Waals surface area contributed by atoms with E-state index < -0.39 is 17.7 Å². The molecule has 2 aromatic rings. The molecule has 24 heavy (non-hydrogen) atoms. The van der Waals surface area contributed by atoms with Gasteiger partial charge in [-0.1, -0.05) is 23.5 Å². The number of rotatable bonds is 6. The Morgan fingerprint density at radius 1 is 1.21 bits per heavy atom. The van der Waals surface area contributed by atoms with Gasteiger partial charge in [-0.25, -0.2) is 0 Å². The standard InChI is InChI=1S/C15H14N4O4S/c1-23-7-6-12-17-18-15(24-12)16-11(20)8-19-13(21)9-4-2-3-5-10(9)14(19)22/h2-5H,6-8H2,1H3,(H,16,18,20). The third kappa shape index (κ3) is 3.17. The summed E-state index contributed by atoms with van der Waals surface area (Å²) in [5.41, 5.74) is 0.626. The van der Waals surface area contributed by atoms with Gasteiger partial charge in [0.1, 0.15) is 11.6 Å². The Hall–Kier alpha value is -2.65. The first kappa shape index (κ1) is 16.2. The van der Waals surface area contributed by atoms with Crippen molar-refractivity contribution in [1.82, 2.24) is 15.1 Å². The molecule has 3 rings (SSSR count). The van der Waals surface area contributed by atoms with Crippen LogP contribution >= 0.6 is 11.3 Å². The first-order chi connectivity index (χ1) is 11.6. The molecule has 3 amide bonds. The molecule has 0 aliphatic carbocycles. The van der Waals surface area contributed by atoms with E-state index in [1.807, 2.05) is 0 Å². The Morgan fingerprint density at radius 3 is 2.50 bits per heavy atom. The van der Waals surface area contributed by atoms with Gasteiger partial charge in [0.05, 0.1) is 17.7 Å². The Kier molecular flexibility index (Phi) is 4.63. The van der Waals surface area contributed by atoms with Gasteiger partial charge in [0.15, 0.2) is 0 Å². The molecular formula is C15H14N4O4S. The molecule has 0 saturated heterocycles. The molecule has 0 radical (unpaired) electrons. The van der Waals surface area contributed by atoms with Crippen LogP contribution in [0.5, 0.6) is 0 Å². The number of hydrogen-bond acceptors (Lipinski definition) is 7. The molecule has 0 bridgehead atoms. The van der Waals surface area contributed by atoms with Crippen LogP contribution in [0.4, 0.5) is 5.13 Å². The summed E-state index contributed by atoms with van der Waals surface area (Å²) in [6, 6.07) is 6.49. The van der Waals surface area contributed by atoms with Gasteiger partial charge in [0, 0.05) is 13.5 Å². The van der Waals surface area contributed by atoms with E-state index in [-0.39, 0.29) is 6.54 Å². The molecule has 0 atom stereocenters. The maximum Gasteiger partial charge on any atom is 0.262 e. The van der Waals surface area contributed by atoms with Crippen molar-refractivity contribution in [2.75, 3.05) is 25.6 Å². The first-order valence-electron chi connectivity index (χ1n) is 7.16. The highest BCUT2D eigenvalue weighted by atomic mass is 32.1. The van der Waals surface area contributed by atoms with Crippen LogP contribution in [0.1, 0.15) is 25.7 Å². The summed E-state index contributed by atoms with van der Waals surface area (Å²) in [7, 11) is 1.59. The fourth-order valence-electron chi connectivity index (χ4n) is 2.28. The number of anilines is 1. The summed E-state index contributed by atoms with van der Waals surface area (Å²) in [5, 5.41) is 11.4. The SMILES string of the molecule is COCCc1nnc(NC(=O)CN2C(=O)c3ccccc3C2=O)s1. The predicted octanol–water partition coefficient (Wildman–Crippen LogP) is 0.962. The van der Waals surface area contributed by atoms with Gasteiger partial charge < -0.3 is 4.74 Å². The van der Waals surface area contributed by atoms with Gasteiger partial charge in [-0.2, -0.15) is 0 Å². The van der Waals surface area contributed by atoms with Crippen molar-refractivity contribution in [1.29, 1.82) is 0 Å². The van der Waals surface area contributed by atoms with Crippen molar-refractivity contribution >= 4 is 34.2 Å². The molecule has 2 heterocycles. The average molecular weight is 346 g/mol. The highest BCUT2D eigenvalue weighted by Gasteiger charge is 2.36. The highest BCUT2D eigenvalue weighted by molar-refractivity contribution is 7.15. The molecule has 1 aromatic heterocycles. The number of aromatic nitrogens is 2. The second kappa shape index (κ2) is 6.85. The molecule has 9 heteroatoms. The summed E-state index contributed by atoms with van der Waals surface area (Å²) in [6.07, 6.45) is 0.600. The lowest BCUT2D eigenvalue weighted by molar-refractivity contribution is -0.116. The predicted molar refractivity (Wildman–Crippen MR) is 85.9 cm³/mol. The average Bonchev–Trinajstić information content (AvgIpc) is 3.12. The van der Waals surface area contributed by atoms with E-state index in [1.165, 1.54) is 11.3 Å². The fraction of sp³-hybridized carbons (Fsp3) is 0.267. The fourth-order valence-corrected chi connectivity index (χ4v) is 3.02. The molecule has 0 unspecified atom stereocenters. The molecule has 8 nitrogen and oxygen atoms in total. The lowest BCUT2D eigenvalue weighted by atomic mass is 10.1. The number of imide groups is 1. The van der Waals surface area contributed by atoms with Crippen molar-refractivity contribution in [2.24, 2.45) is 0 Å². The third-order valence-electron chi connectivity index (χ3n) is 3.41. The number of hydrogen-bond donors (Lipinski definition) is 1. The quantitative estimate of drug-likeness (QED) is 0.782. The topological polar surface area (TPSA) is 101 Å². The summed E-state index contributed by atoms with van der Waals surface area (Å²) in [5.74, 6) is -1.44. The van der Waals surface area contributed by atoms with Gasteiger partial charge in [0.2, 0.25) is 11.0 Å². The van der Waals surface area contributed by atoms with Gasteiger partial charge >= 0.3 is 0 Å². The van der Waals surface area contributed by atoms with Crippen LogP contribution in [0, 0.1) is 0 Å². The number of amides is 3. The number of nitrogens with zero attached hydrogens (tertiary/aromatic N) is 3. The molecule has 0 spiro atoms. The summed E-state index contributed by atoms with van der Waals surface area (Å²) in [6.45, 7) is 0.150. The second-order valence-electron chi connectivity index (χ2n) is 5.03. The molecule has 0 fully saturated rings. The zero-order chi connectivity index (χ0) is 17.1. The van der Waals surface area contributed by atoms with Crippen molar-refractivity contribution < 1.29 is 19.1 Å². The summed E-state index contributed by atoms with van der Waals surface area (Å²) < 4.78 is 4.95. The van der Waals surface area contributed by atoms with Crippen molar-refractivity contribution in [2.45, 2.75) is 6.42 Å². The number of carbonyl (C=O) groups excluding carboxylic acids is 3. The Bertz CT molecular complexity index is 769. The maximum atomic E-state index is 12.2. The number of ether oxygens (including phenoxy) is 1. The molecule has 124 valence electrons. The monoisotopic (exact) mass is 346 g/mol. The van der Waals surface area contributed by atoms with Crippen LogP contribution in [0.25, 0.3) is 0 Å². The molecular weight excluding hydrogens is 332 g/mol. The zero-order valence-electron chi connectivity index (χ0n) is 12.8. The largest absolute Gasteiger partial charge is 0.384 e. The van der Waals surface area contributed by atoms with Crippen LogP contribution < -0.4 is 5.32 Å². The molecule has 1 aliphatic heterocycles. The number of fused-ring (bicyclic) bond motifs is 1. The minimum atomic E-state index is -0.501. The highest BCUT2D eigenvalue weighted by Crippen LogP contribution is 2.22. The molecule has 1 aliphatic rings.